The number of anilines is 2. The van der Waals surface area contributed by atoms with Crippen molar-refractivity contribution in [2.45, 2.75) is 123 Å². The van der Waals surface area contributed by atoms with Gasteiger partial charge in [0.1, 0.15) is 45.6 Å². The highest BCUT2D eigenvalue weighted by molar-refractivity contribution is 7.83. The SMILES string of the molecule is CNS(=O)c1ccccc1N1CCN(C(=O)C(C)C(=O)OC2[C@H](C)[C@H](O)[C@H](C)[C@@H](O)[C@@H](C)/C=C/C=C(/C)C(=O)Nc3c(O)c4c(O)c(C)c5c(c4c4c3=NC3(CCN(CC(C)C)CC3)N=4)C(=O)C(C)(O/C=C/[C@H](OC)[C@H]2C)O5)CC1. The molecule has 0 aromatic heterocycles. The molecule has 6 N–H and O–H groups in total. The van der Waals surface area contributed by atoms with Crippen LogP contribution in [0.3, 0.4) is 0 Å². The molecular formula is C59H79N7O13S. The standard InChI is InChI=1S/C59H79N7O13S/c1-31(2)30-64-23-21-59(22-24-64)62-45-42-43-50(69)37(8)53-44(42)54(71)58(10,79-53)77-29-20-40(76-12)34(5)52(78-57(74)38(9)56(73)66-27-25-65(26-28-66)39-18-13-14-19-41(39)80(75)60-11)36(7)49(68)35(6)48(67)32(3)16-15-17-33(4)55(72)61-47(51(43)70)46(45)63-59/h13-20,29,31-32,34-36,38,40,48-49,52,60,67-70H,21-28,30H2,1-12H3,(H,61,72)/b16-15+,29-20+,33-17-/t32-,34+,35+,36+,38?,40-,48-,49+,52?,58?,80?/m0/s1. The van der Waals surface area contributed by atoms with E-state index in [1.54, 1.807) is 70.9 Å². The first-order valence-corrected chi connectivity index (χ1v) is 28.8. The maximum absolute atomic E-state index is 15.0. The largest absolute Gasteiger partial charge is 0.507 e. The second-order valence-corrected chi connectivity index (χ2v) is 24.1. The van der Waals surface area contributed by atoms with E-state index >= 15 is 4.79 Å². The number of hydrogen-bond donors (Lipinski definition) is 6. The van der Waals surface area contributed by atoms with Gasteiger partial charge in [0.2, 0.25) is 5.91 Å². The highest BCUT2D eigenvalue weighted by Crippen LogP contribution is 2.50. The van der Waals surface area contributed by atoms with Crippen molar-refractivity contribution in [2.24, 2.45) is 45.5 Å². The fourth-order valence-corrected chi connectivity index (χ4v) is 12.6. The number of amides is 2. The van der Waals surface area contributed by atoms with Crippen LogP contribution in [-0.4, -0.2) is 154 Å². The topological polar surface area (TPSA) is 262 Å². The van der Waals surface area contributed by atoms with Crippen LogP contribution < -0.4 is 30.4 Å². The predicted molar refractivity (Wildman–Crippen MR) is 302 cm³/mol. The van der Waals surface area contributed by atoms with Gasteiger partial charge in [-0.2, -0.15) is 0 Å². The summed E-state index contributed by atoms with van der Waals surface area (Å²) in [6.07, 6.45) is 4.13. The molecule has 3 aromatic carbocycles. The number of hydrogen-bond acceptors (Lipinski definition) is 17. The summed E-state index contributed by atoms with van der Waals surface area (Å²) in [4.78, 5) is 74.5. The Kier molecular flexibility index (Phi) is 18.0. The summed E-state index contributed by atoms with van der Waals surface area (Å²) in [5.74, 6) is -9.37. The summed E-state index contributed by atoms with van der Waals surface area (Å²) in [6.45, 7) is 20.8. The van der Waals surface area contributed by atoms with Gasteiger partial charge in [0.05, 0.1) is 51.5 Å². The molecule has 2 saturated heterocycles. The van der Waals surface area contributed by atoms with Crippen molar-refractivity contribution in [3.05, 3.63) is 82.2 Å². The number of ether oxygens (including phenoxy) is 4. The summed E-state index contributed by atoms with van der Waals surface area (Å²) < 4.78 is 40.4. The molecule has 6 aliphatic heterocycles. The number of piperazine rings is 1. The van der Waals surface area contributed by atoms with Crippen molar-refractivity contribution in [1.82, 2.24) is 14.5 Å². The van der Waals surface area contributed by atoms with Gasteiger partial charge in [0.15, 0.2) is 11.4 Å². The van der Waals surface area contributed by atoms with Crippen LogP contribution in [0.5, 0.6) is 17.2 Å². The number of nitrogens with zero attached hydrogens (tertiary/aromatic N) is 5. The van der Waals surface area contributed by atoms with Crippen LogP contribution in [0, 0.1) is 42.4 Å². The molecule has 4 unspecified atom stereocenters. The van der Waals surface area contributed by atoms with Gasteiger partial charge in [-0.05, 0) is 51.9 Å². The van der Waals surface area contributed by atoms with Crippen LogP contribution in [0.25, 0.3) is 10.8 Å². The van der Waals surface area contributed by atoms with Gasteiger partial charge in [0, 0.05) is 113 Å². The molecule has 2 fully saturated rings. The Balaban J connectivity index is 1.14. The number of Topliss-reactive ketones (excluding diaryl/α,β-unsaturated/α-hetero) is 1. The van der Waals surface area contributed by atoms with Crippen LogP contribution in [0.15, 0.2) is 75.3 Å². The van der Waals surface area contributed by atoms with E-state index in [4.69, 9.17) is 28.9 Å². The zero-order chi connectivity index (χ0) is 58.3. The molecule has 20 nitrogen and oxygen atoms in total. The summed E-state index contributed by atoms with van der Waals surface area (Å²) >= 11 is 0. The normalized spacial score (nSPS) is 29.7. The third-order valence-corrected chi connectivity index (χ3v) is 17.9. The fraction of sp³-hybridized carbons (Fsp3) is 0.559. The van der Waals surface area contributed by atoms with Crippen LogP contribution in [-0.2, 0) is 39.6 Å². The average molecular weight is 1130 g/mol. The molecule has 21 heteroatoms. The first-order valence-electron chi connectivity index (χ1n) is 27.7. The third-order valence-electron chi connectivity index (χ3n) is 16.7. The number of aliphatic hydroxyl groups is 2. The van der Waals surface area contributed by atoms with Gasteiger partial charge in [-0.25, -0.2) is 8.93 Å². The van der Waals surface area contributed by atoms with Gasteiger partial charge in [-0.1, -0.05) is 71.9 Å². The number of fused-ring (bicyclic) bond motifs is 13. The Morgan fingerprint density at radius 3 is 2.21 bits per heavy atom. The molecule has 9 rings (SSSR count). The number of para-hydroxylation sites is 1. The number of carbonyl (C=O) groups is 4. The van der Waals surface area contributed by atoms with E-state index in [0.717, 1.165) is 12.2 Å². The molecule has 80 heavy (non-hydrogen) atoms. The number of rotatable bonds is 9. The average Bonchev–Trinajstić information content (AvgIpc) is 3.95. The minimum absolute atomic E-state index is 0.00310. The van der Waals surface area contributed by atoms with E-state index in [-0.39, 0.29) is 62.7 Å². The van der Waals surface area contributed by atoms with E-state index in [1.165, 1.54) is 40.2 Å². The van der Waals surface area contributed by atoms with E-state index in [1.807, 2.05) is 23.1 Å². The molecule has 11 atom stereocenters. The molecule has 6 heterocycles. The fourth-order valence-electron chi connectivity index (χ4n) is 11.8. The molecule has 2 amide bonds. The Bertz CT molecular complexity index is 3150. The van der Waals surface area contributed by atoms with Crippen LogP contribution in [0.2, 0.25) is 0 Å². The lowest BCUT2D eigenvalue weighted by atomic mass is 9.78. The van der Waals surface area contributed by atoms with Crippen LogP contribution in [0.1, 0.15) is 91.1 Å². The first-order chi connectivity index (χ1) is 37.9. The van der Waals surface area contributed by atoms with Crippen molar-refractivity contribution in [1.29, 1.82) is 0 Å². The second kappa shape index (κ2) is 24.1. The summed E-state index contributed by atoms with van der Waals surface area (Å²) in [5, 5.41) is 51.3. The van der Waals surface area contributed by atoms with E-state index in [2.05, 4.69) is 28.8 Å². The number of aromatic hydroxyl groups is 2. The molecule has 6 aliphatic rings. The summed E-state index contributed by atoms with van der Waals surface area (Å²) in [7, 11) is 1.61. The second-order valence-electron chi connectivity index (χ2n) is 22.8. The number of esters is 1. The molecule has 1 spiro atoms. The van der Waals surface area contributed by atoms with E-state index < -0.39 is 112 Å². The zero-order valence-electron chi connectivity index (χ0n) is 47.9. The van der Waals surface area contributed by atoms with Crippen LogP contribution in [0.4, 0.5) is 11.4 Å². The van der Waals surface area contributed by atoms with Crippen molar-refractivity contribution >= 4 is 56.7 Å². The van der Waals surface area contributed by atoms with Gasteiger partial charge in [-0.3, -0.25) is 29.2 Å². The molecular weight excluding hydrogens is 1050 g/mol. The number of likely N-dealkylation sites (tertiary alicyclic amines) is 1. The third kappa shape index (κ3) is 11.5. The number of phenols is 2. The highest BCUT2D eigenvalue weighted by Gasteiger charge is 2.50. The summed E-state index contributed by atoms with van der Waals surface area (Å²) in [5.41, 5.74) is 0.0223. The predicted octanol–water partition coefficient (Wildman–Crippen LogP) is 4.96. The van der Waals surface area contributed by atoms with E-state index in [9.17, 15) is 39.0 Å². The van der Waals surface area contributed by atoms with Gasteiger partial charge >= 0.3 is 11.8 Å². The highest BCUT2D eigenvalue weighted by atomic mass is 32.2. The van der Waals surface area contributed by atoms with Gasteiger partial charge < -0.3 is 59.4 Å². The zero-order valence-corrected chi connectivity index (χ0v) is 48.8. The summed E-state index contributed by atoms with van der Waals surface area (Å²) in [6, 6.07) is 7.34. The number of aliphatic hydroxyl groups excluding tert-OH is 2. The number of benzene rings is 3. The number of piperidine rings is 1. The Hall–Kier alpha value is -6.23. The van der Waals surface area contributed by atoms with E-state index in [0.29, 0.717) is 49.8 Å². The van der Waals surface area contributed by atoms with Crippen molar-refractivity contribution in [2.75, 3.05) is 70.2 Å². The lowest BCUT2D eigenvalue weighted by molar-refractivity contribution is -0.170. The Labute approximate surface area is 470 Å². The Morgan fingerprint density at radius 1 is 0.900 bits per heavy atom. The maximum atomic E-state index is 15.0. The monoisotopic (exact) mass is 1130 g/mol. The molecule has 3 aromatic rings. The van der Waals surface area contributed by atoms with Crippen molar-refractivity contribution < 1.29 is 62.8 Å². The number of methoxy groups -OCH3 is 1. The molecule has 0 radical (unpaired) electrons. The quantitative estimate of drug-likeness (QED) is 0.0941. The molecule has 0 saturated carbocycles. The number of nitrogens with one attached hydrogen (secondary N) is 2. The van der Waals surface area contributed by atoms with Crippen molar-refractivity contribution in [3.63, 3.8) is 0 Å². The van der Waals surface area contributed by atoms with Crippen LogP contribution >= 0.6 is 0 Å². The minimum Gasteiger partial charge on any atom is -0.507 e. The Morgan fingerprint density at radius 2 is 1.56 bits per heavy atom. The molecule has 0 aliphatic carbocycles. The lowest BCUT2D eigenvalue weighted by Crippen LogP contribution is -2.52. The molecule has 5 bridgehead atoms. The smallest absolute Gasteiger partial charge is 0.318 e. The first kappa shape index (κ1) is 59.9. The number of carbonyl (C=O) groups excluding carboxylic acids is 4. The molecule has 434 valence electrons. The minimum atomic E-state index is -2.05. The number of ketones is 1. The number of allylic oxidation sites excluding steroid dienone is 2. The lowest BCUT2D eigenvalue weighted by Gasteiger charge is -2.39. The van der Waals surface area contributed by atoms with Crippen molar-refractivity contribution in [3.8, 4) is 17.2 Å². The number of phenolic OH excluding ortho intramolecular Hbond substituents is 2. The van der Waals surface area contributed by atoms with Gasteiger partial charge in [-0.15, -0.1) is 0 Å². The maximum Gasteiger partial charge on any atom is 0.318 e. The van der Waals surface area contributed by atoms with Gasteiger partial charge in [0.25, 0.3) is 11.7 Å².